The first-order chi connectivity index (χ1) is 8.70. The smallest absolute Gasteiger partial charge is 0.123 e. The number of halogens is 3. The number of hydrogen-bond acceptors (Lipinski definition) is 0. The van der Waals surface area contributed by atoms with E-state index in [4.69, 9.17) is 23.2 Å². The predicted octanol–water partition coefficient (Wildman–Crippen LogP) is 5.02. The molecular formula is C15H19Cl2F. The quantitative estimate of drug-likeness (QED) is 0.667. The third kappa shape index (κ3) is 3.00. The van der Waals surface area contributed by atoms with Crippen LogP contribution in [0.2, 0.25) is 0 Å². The van der Waals surface area contributed by atoms with Crippen LogP contribution < -0.4 is 0 Å². The van der Waals surface area contributed by atoms with E-state index in [9.17, 15) is 4.39 Å². The average molecular weight is 289 g/mol. The molecule has 0 spiro atoms. The van der Waals surface area contributed by atoms with Gasteiger partial charge in [0.2, 0.25) is 0 Å². The number of rotatable bonds is 5. The van der Waals surface area contributed by atoms with E-state index in [1.54, 1.807) is 12.1 Å². The van der Waals surface area contributed by atoms with E-state index < -0.39 is 0 Å². The van der Waals surface area contributed by atoms with Crippen molar-refractivity contribution in [2.75, 3.05) is 11.8 Å². The molecule has 2 rings (SSSR count). The van der Waals surface area contributed by atoms with Gasteiger partial charge in [-0.05, 0) is 42.9 Å². The highest BCUT2D eigenvalue weighted by Gasteiger charge is 2.39. The van der Waals surface area contributed by atoms with Crippen molar-refractivity contribution in [3.8, 4) is 0 Å². The Labute approximate surface area is 118 Å². The molecule has 1 aromatic rings. The first-order valence-electron chi connectivity index (χ1n) is 6.56. The van der Waals surface area contributed by atoms with E-state index in [0.717, 1.165) is 12.0 Å². The van der Waals surface area contributed by atoms with Crippen LogP contribution in [0.5, 0.6) is 0 Å². The molecule has 0 N–H and O–H groups in total. The molecule has 100 valence electrons. The van der Waals surface area contributed by atoms with Gasteiger partial charge in [0.05, 0.1) is 0 Å². The van der Waals surface area contributed by atoms with Crippen LogP contribution in [0.3, 0.4) is 0 Å². The molecule has 0 amide bonds. The molecule has 1 fully saturated rings. The normalized spacial score (nSPS) is 17.3. The highest BCUT2D eigenvalue weighted by Crippen LogP contribution is 2.44. The fourth-order valence-electron chi connectivity index (χ4n) is 3.08. The molecule has 0 atom stereocenters. The second-order valence-corrected chi connectivity index (χ2v) is 5.95. The largest absolute Gasteiger partial charge is 0.207 e. The third-order valence-electron chi connectivity index (χ3n) is 4.20. The lowest BCUT2D eigenvalue weighted by Gasteiger charge is -2.36. The van der Waals surface area contributed by atoms with Crippen LogP contribution in [0.4, 0.5) is 4.39 Å². The number of alkyl halides is 2. The van der Waals surface area contributed by atoms with Gasteiger partial charge < -0.3 is 0 Å². The fourth-order valence-corrected chi connectivity index (χ4v) is 4.00. The van der Waals surface area contributed by atoms with Crippen molar-refractivity contribution >= 4 is 23.2 Å². The standard InChI is InChI=1S/C15H19Cl2F/c16-10-15(11-17,13-5-1-2-6-13)9-12-4-3-7-14(18)8-12/h3-4,7-8,13H,1-2,5-6,9-11H2. The molecule has 1 aliphatic carbocycles. The first kappa shape index (κ1) is 14.1. The molecule has 0 saturated heterocycles. The van der Waals surface area contributed by atoms with Crippen molar-refractivity contribution < 1.29 is 4.39 Å². The van der Waals surface area contributed by atoms with Gasteiger partial charge in [0.1, 0.15) is 5.82 Å². The summed E-state index contributed by atoms with van der Waals surface area (Å²) >= 11 is 12.4. The molecule has 0 aromatic heterocycles. The van der Waals surface area contributed by atoms with Crippen molar-refractivity contribution in [3.05, 3.63) is 35.6 Å². The maximum Gasteiger partial charge on any atom is 0.123 e. The van der Waals surface area contributed by atoms with Gasteiger partial charge in [-0.1, -0.05) is 25.0 Å². The lowest BCUT2D eigenvalue weighted by molar-refractivity contribution is 0.225. The zero-order valence-electron chi connectivity index (χ0n) is 10.5. The van der Waals surface area contributed by atoms with Crippen LogP contribution in [0, 0.1) is 17.2 Å². The van der Waals surface area contributed by atoms with Gasteiger partial charge in [-0.25, -0.2) is 4.39 Å². The molecular weight excluding hydrogens is 270 g/mol. The van der Waals surface area contributed by atoms with E-state index in [-0.39, 0.29) is 11.2 Å². The highest BCUT2D eigenvalue weighted by atomic mass is 35.5. The second-order valence-electron chi connectivity index (χ2n) is 5.42. The highest BCUT2D eigenvalue weighted by molar-refractivity contribution is 6.21. The molecule has 0 bridgehead atoms. The molecule has 0 heterocycles. The summed E-state index contributed by atoms with van der Waals surface area (Å²) in [5.74, 6) is 1.50. The van der Waals surface area contributed by atoms with Crippen molar-refractivity contribution in [3.63, 3.8) is 0 Å². The van der Waals surface area contributed by atoms with Gasteiger partial charge in [0.15, 0.2) is 0 Å². The summed E-state index contributed by atoms with van der Waals surface area (Å²) < 4.78 is 13.3. The Morgan fingerprint density at radius 2 is 1.83 bits per heavy atom. The number of benzene rings is 1. The summed E-state index contributed by atoms with van der Waals surface area (Å²) in [6.07, 6.45) is 5.72. The third-order valence-corrected chi connectivity index (χ3v) is 5.26. The molecule has 0 nitrogen and oxygen atoms in total. The van der Waals surface area contributed by atoms with Gasteiger partial charge in [-0.15, -0.1) is 23.2 Å². The maximum absolute atomic E-state index is 13.3. The minimum Gasteiger partial charge on any atom is -0.207 e. The van der Waals surface area contributed by atoms with Crippen LogP contribution in [-0.4, -0.2) is 11.8 Å². The Bertz CT molecular complexity index is 382. The van der Waals surface area contributed by atoms with E-state index >= 15 is 0 Å². The predicted molar refractivity (Wildman–Crippen MR) is 75.9 cm³/mol. The summed E-state index contributed by atoms with van der Waals surface area (Å²) in [4.78, 5) is 0. The zero-order valence-corrected chi connectivity index (χ0v) is 12.0. The zero-order chi connectivity index (χ0) is 13.0. The van der Waals surface area contributed by atoms with Crippen LogP contribution in [0.15, 0.2) is 24.3 Å². The molecule has 0 unspecified atom stereocenters. The molecule has 1 aliphatic rings. The van der Waals surface area contributed by atoms with Crippen LogP contribution in [-0.2, 0) is 6.42 Å². The molecule has 3 heteroatoms. The molecule has 18 heavy (non-hydrogen) atoms. The Hall–Kier alpha value is -0.270. The summed E-state index contributed by atoms with van der Waals surface area (Å²) in [5, 5.41) is 0. The van der Waals surface area contributed by atoms with E-state index in [0.29, 0.717) is 17.7 Å². The minimum atomic E-state index is -0.183. The van der Waals surface area contributed by atoms with Gasteiger partial charge in [0, 0.05) is 17.2 Å². The topological polar surface area (TPSA) is 0 Å². The molecule has 1 aromatic carbocycles. The van der Waals surface area contributed by atoms with Crippen molar-refractivity contribution in [2.45, 2.75) is 32.1 Å². The number of hydrogen-bond donors (Lipinski definition) is 0. The van der Waals surface area contributed by atoms with E-state index in [1.807, 2.05) is 6.07 Å². The maximum atomic E-state index is 13.3. The van der Waals surface area contributed by atoms with Crippen LogP contribution >= 0.6 is 23.2 Å². The first-order valence-corrected chi connectivity index (χ1v) is 7.63. The summed E-state index contributed by atoms with van der Waals surface area (Å²) in [6, 6.07) is 6.79. The van der Waals surface area contributed by atoms with E-state index in [1.165, 1.54) is 31.7 Å². The van der Waals surface area contributed by atoms with Crippen molar-refractivity contribution in [2.24, 2.45) is 11.3 Å². The Morgan fingerprint density at radius 3 is 2.39 bits per heavy atom. The fraction of sp³-hybridized carbons (Fsp3) is 0.600. The summed E-state index contributed by atoms with van der Waals surface area (Å²) in [6.45, 7) is 0. The molecule has 1 saturated carbocycles. The molecule has 0 aliphatic heterocycles. The SMILES string of the molecule is Fc1cccc(CC(CCl)(CCl)C2CCCC2)c1. The monoisotopic (exact) mass is 288 g/mol. The van der Waals surface area contributed by atoms with Crippen molar-refractivity contribution in [1.29, 1.82) is 0 Å². The van der Waals surface area contributed by atoms with Gasteiger partial charge in [-0.2, -0.15) is 0 Å². The Kier molecular flexibility index (Phi) is 4.91. The van der Waals surface area contributed by atoms with Crippen LogP contribution in [0.25, 0.3) is 0 Å². The minimum absolute atomic E-state index is 0.0760. The van der Waals surface area contributed by atoms with E-state index in [2.05, 4.69) is 0 Å². The molecule has 0 radical (unpaired) electrons. The summed E-state index contributed by atoms with van der Waals surface area (Å²) in [5.41, 5.74) is 0.927. The van der Waals surface area contributed by atoms with Gasteiger partial charge >= 0.3 is 0 Å². The average Bonchev–Trinajstić information content (AvgIpc) is 2.90. The second kappa shape index (κ2) is 6.25. The van der Waals surface area contributed by atoms with Gasteiger partial charge in [0.25, 0.3) is 0 Å². The Balaban J connectivity index is 2.19. The summed E-state index contributed by atoms with van der Waals surface area (Å²) in [7, 11) is 0. The lowest BCUT2D eigenvalue weighted by atomic mass is 9.73. The lowest BCUT2D eigenvalue weighted by Crippen LogP contribution is -2.35. The Morgan fingerprint density at radius 1 is 1.17 bits per heavy atom. The van der Waals surface area contributed by atoms with Crippen molar-refractivity contribution in [1.82, 2.24) is 0 Å². The van der Waals surface area contributed by atoms with Gasteiger partial charge in [-0.3, -0.25) is 0 Å². The van der Waals surface area contributed by atoms with Crippen LogP contribution in [0.1, 0.15) is 31.2 Å².